The SMILES string of the molecule is COc1ncc(-c2cccc(NC(=O)C(C)n3cnc4[nH]c(=O)n(Cc5cc(C)on5)c(=O)c43)n2)cc1C(F)(F)F. The first-order chi connectivity index (χ1) is 19.5. The van der Waals surface area contributed by atoms with E-state index in [9.17, 15) is 27.6 Å². The van der Waals surface area contributed by atoms with Crippen molar-refractivity contribution in [3.8, 4) is 17.1 Å². The van der Waals surface area contributed by atoms with Gasteiger partial charge in [-0.15, -0.1) is 0 Å². The lowest BCUT2D eigenvalue weighted by Crippen LogP contribution is -2.37. The number of imidazole rings is 1. The Balaban J connectivity index is 1.42. The highest BCUT2D eigenvalue weighted by molar-refractivity contribution is 5.93. The van der Waals surface area contributed by atoms with Crippen LogP contribution in [0.1, 0.15) is 30.0 Å². The molecule has 0 radical (unpaired) electrons. The number of methoxy groups -OCH3 is 1. The van der Waals surface area contributed by atoms with E-state index in [-0.39, 0.29) is 34.8 Å². The summed E-state index contributed by atoms with van der Waals surface area (Å²) in [5, 5.41) is 6.39. The normalized spacial score (nSPS) is 12.4. The third-order valence-electron chi connectivity index (χ3n) is 6.15. The zero-order chi connectivity index (χ0) is 29.5. The predicted molar refractivity (Wildman–Crippen MR) is 137 cm³/mol. The number of rotatable bonds is 7. The number of alkyl halides is 3. The Morgan fingerprint density at radius 3 is 2.68 bits per heavy atom. The minimum absolute atomic E-state index is 0.0140. The van der Waals surface area contributed by atoms with E-state index in [1.54, 1.807) is 13.0 Å². The van der Waals surface area contributed by atoms with E-state index < -0.39 is 40.8 Å². The average molecular weight is 570 g/mol. The second-order valence-corrected chi connectivity index (χ2v) is 8.95. The molecule has 16 heteroatoms. The van der Waals surface area contributed by atoms with Crippen LogP contribution in [0.5, 0.6) is 5.88 Å². The van der Waals surface area contributed by atoms with Crippen LogP contribution in [0.4, 0.5) is 19.0 Å². The molecular formula is C25H21F3N8O5. The van der Waals surface area contributed by atoms with Gasteiger partial charge in [0.25, 0.3) is 5.56 Å². The number of hydrogen-bond acceptors (Lipinski definition) is 9. The van der Waals surface area contributed by atoms with Crippen LogP contribution in [-0.4, -0.2) is 47.2 Å². The van der Waals surface area contributed by atoms with E-state index in [1.165, 1.54) is 42.2 Å². The maximum atomic E-state index is 13.4. The molecule has 5 aromatic heterocycles. The maximum absolute atomic E-state index is 13.4. The highest BCUT2D eigenvalue weighted by Crippen LogP contribution is 2.37. The Morgan fingerprint density at radius 2 is 2.00 bits per heavy atom. The first-order valence-corrected chi connectivity index (χ1v) is 12.0. The molecule has 5 rings (SSSR count). The minimum atomic E-state index is -4.71. The van der Waals surface area contributed by atoms with E-state index in [0.29, 0.717) is 11.5 Å². The minimum Gasteiger partial charge on any atom is -0.481 e. The lowest BCUT2D eigenvalue weighted by atomic mass is 10.1. The van der Waals surface area contributed by atoms with E-state index in [2.05, 4.69) is 30.4 Å². The number of anilines is 1. The smallest absolute Gasteiger partial charge is 0.421 e. The number of aromatic nitrogens is 7. The standard InChI is InChI=1S/C25H21F3N8O5/c1-12-7-15(34-41-12)10-35-23(38)19-20(33-24(35)39)30-11-36(19)13(2)21(37)32-18-6-4-5-17(31-18)14-8-16(25(26,27)28)22(40-3)29-9-14/h4-9,11,13H,10H2,1-3H3,(H,33,39)(H,31,32,37). The van der Waals surface area contributed by atoms with Gasteiger partial charge in [-0.3, -0.25) is 19.1 Å². The molecule has 212 valence electrons. The van der Waals surface area contributed by atoms with Gasteiger partial charge in [-0.2, -0.15) is 13.2 Å². The maximum Gasteiger partial charge on any atom is 0.421 e. The Hall–Kier alpha value is -5.28. The summed E-state index contributed by atoms with van der Waals surface area (Å²) in [7, 11) is 1.08. The van der Waals surface area contributed by atoms with E-state index in [0.717, 1.165) is 17.7 Å². The number of fused-ring (bicyclic) bond motifs is 1. The van der Waals surface area contributed by atoms with Crippen LogP contribution in [0, 0.1) is 6.92 Å². The molecule has 0 aliphatic heterocycles. The molecule has 0 spiro atoms. The largest absolute Gasteiger partial charge is 0.481 e. The predicted octanol–water partition coefficient (Wildman–Crippen LogP) is 2.92. The Morgan fingerprint density at radius 1 is 1.22 bits per heavy atom. The molecule has 13 nitrogen and oxygen atoms in total. The monoisotopic (exact) mass is 570 g/mol. The molecule has 2 N–H and O–H groups in total. The van der Waals surface area contributed by atoms with E-state index >= 15 is 0 Å². The van der Waals surface area contributed by atoms with Crippen molar-refractivity contribution in [2.75, 3.05) is 12.4 Å². The first kappa shape index (κ1) is 27.3. The Bertz CT molecular complexity index is 1890. The van der Waals surface area contributed by atoms with Crippen LogP contribution in [0.2, 0.25) is 0 Å². The van der Waals surface area contributed by atoms with E-state index in [1.807, 2.05) is 0 Å². The third kappa shape index (κ3) is 5.30. The fourth-order valence-corrected chi connectivity index (χ4v) is 4.12. The number of nitrogens with one attached hydrogen (secondary N) is 2. The highest BCUT2D eigenvalue weighted by atomic mass is 19.4. The summed E-state index contributed by atoms with van der Waals surface area (Å²) in [6.07, 6.45) is -2.29. The van der Waals surface area contributed by atoms with Crippen molar-refractivity contribution in [3.05, 3.63) is 80.7 Å². The van der Waals surface area contributed by atoms with Crippen LogP contribution >= 0.6 is 0 Å². The molecule has 1 amide bonds. The lowest BCUT2D eigenvalue weighted by Gasteiger charge is -2.15. The van der Waals surface area contributed by atoms with Crippen molar-refractivity contribution in [1.29, 1.82) is 0 Å². The Kier molecular flexibility index (Phi) is 6.90. The zero-order valence-corrected chi connectivity index (χ0v) is 21.7. The molecule has 0 saturated heterocycles. The molecule has 1 atom stereocenters. The molecule has 0 fully saturated rings. The summed E-state index contributed by atoms with van der Waals surface area (Å²) in [6.45, 7) is 3.00. The van der Waals surface area contributed by atoms with Crippen molar-refractivity contribution in [1.82, 2.24) is 34.2 Å². The molecule has 41 heavy (non-hydrogen) atoms. The quantitative estimate of drug-likeness (QED) is 0.300. The second kappa shape index (κ2) is 10.4. The van der Waals surface area contributed by atoms with Crippen LogP contribution in [0.15, 0.2) is 57.0 Å². The van der Waals surface area contributed by atoms with Crippen LogP contribution in [0.3, 0.4) is 0 Å². The molecule has 0 saturated carbocycles. The lowest BCUT2D eigenvalue weighted by molar-refractivity contribution is -0.139. The van der Waals surface area contributed by atoms with Crippen molar-refractivity contribution in [3.63, 3.8) is 0 Å². The fraction of sp³-hybridized carbons (Fsp3) is 0.240. The van der Waals surface area contributed by atoms with Gasteiger partial charge in [0, 0.05) is 17.8 Å². The number of carbonyl (C=O) groups excluding carboxylic acids is 1. The average Bonchev–Trinajstić information content (AvgIpc) is 3.55. The molecule has 0 aliphatic carbocycles. The van der Waals surface area contributed by atoms with Crippen molar-refractivity contribution in [2.45, 2.75) is 32.6 Å². The fourth-order valence-electron chi connectivity index (χ4n) is 4.12. The number of pyridine rings is 2. The van der Waals surface area contributed by atoms with E-state index in [4.69, 9.17) is 9.26 Å². The number of H-pyrrole nitrogens is 1. The first-order valence-electron chi connectivity index (χ1n) is 12.0. The number of aromatic amines is 1. The molecule has 0 aliphatic rings. The van der Waals surface area contributed by atoms with Gasteiger partial charge in [0.1, 0.15) is 28.9 Å². The summed E-state index contributed by atoms with van der Waals surface area (Å²) < 4.78 is 52.3. The van der Waals surface area contributed by atoms with Gasteiger partial charge in [-0.25, -0.2) is 19.7 Å². The van der Waals surface area contributed by atoms with Crippen molar-refractivity contribution in [2.24, 2.45) is 0 Å². The molecule has 0 aromatic carbocycles. The van der Waals surface area contributed by atoms with Gasteiger partial charge in [-0.1, -0.05) is 11.2 Å². The van der Waals surface area contributed by atoms with Gasteiger partial charge < -0.3 is 19.1 Å². The summed E-state index contributed by atoms with van der Waals surface area (Å²) in [5.41, 5.74) is -2.01. The summed E-state index contributed by atoms with van der Waals surface area (Å²) >= 11 is 0. The molecule has 5 heterocycles. The highest BCUT2D eigenvalue weighted by Gasteiger charge is 2.35. The topological polar surface area (TPSA) is 163 Å². The summed E-state index contributed by atoms with van der Waals surface area (Å²) in [6, 6.07) is 5.84. The molecule has 5 aromatic rings. The Labute approximate surface area is 227 Å². The third-order valence-corrected chi connectivity index (χ3v) is 6.15. The number of amides is 1. The molecule has 0 bridgehead atoms. The number of nitrogens with zero attached hydrogens (tertiary/aromatic N) is 6. The van der Waals surface area contributed by atoms with Gasteiger partial charge >= 0.3 is 11.9 Å². The number of ether oxygens (including phenoxy) is 1. The van der Waals surface area contributed by atoms with Gasteiger partial charge in [0.05, 0.1) is 25.7 Å². The van der Waals surface area contributed by atoms with Crippen LogP contribution in [0.25, 0.3) is 22.4 Å². The molecule has 1 unspecified atom stereocenters. The second-order valence-electron chi connectivity index (χ2n) is 8.95. The van der Waals surface area contributed by atoms with Crippen molar-refractivity contribution >= 4 is 22.9 Å². The van der Waals surface area contributed by atoms with Crippen LogP contribution in [-0.2, 0) is 17.5 Å². The number of aryl methyl sites for hydroxylation is 1. The van der Waals surface area contributed by atoms with Gasteiger partial charge in [-0.05, 0) is 32.0 Å². The van der Waals surface area contributed by atoms with Crippen molar-refractivity contribution < 1.29 is 27.2 Å². The van der Waals surface area contributed by atoms with Gasteiger partial charge in [0.2, 0.25) is 11.8 Å². The zero-order valence-electron chi connectivity index (χ0n) is 21.7. The molecular weight excluding hydrogens is 549 g/mol. The van der Waals surface area contributed by atoms with Gasteiger partial charge in [0.15, 0.2) is 11.2 Å². The van der Waals surface area contributed by atoms with Crippen LogP contribution < -0.4 is 21.3 Å². The number of hydrogen-bond donors (Lipinski definition) is 2. The summed E-state index contributed by atoms with van der Waals surface area (Å²) in [4.78, 5) is 53.5. The number of halogens is 3. The number of carbonyl (C=O) groups is 1. The summed E-state index contributed by atoms with van der Waals surface area (Å²) in [5.74, 6) is -0.645.